The lowest BCUT2D eigenvalue weighted by Crippen LogP contribution is -2.14. The molecule has 0 saturated heterocycles. The molecule has 0 spiro atoms. The molecular weight excluding hydrogens is 354 g/mol. The number of amides is 1. The Morgan fingerprint density at radius 2 is 1.75 bits per heavy atom. The van der Waals surface area contributed by atoms with Gasteiger partial charge in [-0.05, 0) is 54.4 Å². The first-order valence-corrected chi connectivity index (χ1v) is 8.91. The van der Waals surface area contributed by atoms with Crippen molar-refractivity contribution in [1.29, 1.82) is 0 Å². The van der Waals surface area contributed by atoms with Crippen LogP contribution >= 0.6 is 0 Å². The fourth-order valence-electron chi connectivity index (χ4n) is 2.74. The predicted octanol–water partition coefficient (Wildman–Crippen LogP) is 4.43. The van der Waals surface area contributed by atoms with Crippen LogP contribution in [0.4, 0.5) is 17.1 Å². The Bertz CT molecular complexity index is 984. The molecule has 0 radical (unpaired) electrons. The van der Waals surface area contributed by atoms with Gasteiger partial charge in [0.2, 0.25) is 0 Å². The molecule has 6 nitrogen and oxygen atoms in total. The number of aryl methyl sites for hydroxylation is 1. The molecule has 0 unspecified atom stereocenters. The molecule has 142 valence electrons. The summed E-state index contributed by atoms with van der Waals surface area (Å²) in [6, 6.07) is 18.0. The highest BCUT2D eigenvalue weighted by molar-refractivity contribution is 6.03. The van der Waals surface area contributed by atoms with Gasteiger partial charge in [0.15, 0.2) is 0 Å². The molecule has 0 aliphatic rings. The first kappa shape index (κ1) is 19.1. The van der Waals surface area contributed by atoms with Gasteiger partial charge in [-0.1, -0.05) is 25.1 Å². The fraction of sp³-hybridized carbons (Fsp3) is 0.136. The molecule has 0 saturated carbocycles. The lowest BCUT2D eigenvalue weighted by atomic mass is 10.1. The third-order valence-electron chi connectivity index (χ3n) is 4.23. The molecule has 0 atom stereocenters. The van der Waals surface area contributed by atoms with Crippen molar-refractivity contribution >= 4 is 28.9 Å². The van der Waals surface area contributed by atoms with E-state index in [1.54, 1.807) is 36.5 Å². The lowest BCUT2D eigenvalue weighted by molar-refractivity contribution is 0.0600. The lowest BCUT2D eigenvalue weighted by Gasteiger charge is -2.12. The van der Waals surface area contributed by atoms with Crippen molar-refractivity contribution in [3.8, 4) is 0 Å². The van der Waals surface area contributed by atoms with Crippen molar-refractivity contribution in [1.82, 2.24) is 4.98 Å². The quantitative estimate of drug-likeness (QED) is 0.623. The Balaban J connectivity index is 1.72. The molecule has 6 heteroatoms. The van der Waals surface area contributed by atoms with Crippen LogP contribution < -0.4 is 10.6 Å². The van der Waals surface area contributed by atoms with Gasteiger partial charge in [0.05, 0.1) is 12.7 Å². The van der Waals surface area contributed by atoms with E-state index < -0.39 is 5.97 Å². The minimum Gasteiger partial charge on any atom is -0.465 e. The van der Waals surface area contributed by atoms with Crippen molar-refractivity contribution in [3.05, 3.63) is 83.7 Å². The van der Waals surface area contributed by atoms with Crippen molar-refractivity contribution in [2.24, 2.45) is 0 Å². The summed E-state index contributed by atoms with van der Waals surface area (Å²) < 4.78 is 4.66. The number of pyridine rings is 1. The van der Waals surface area contributed by atoms with Gasteiger partial charge in [-0.25, -0.2) is 4.79 Å². The maximum absolute atomic E-state index is 12.5. The number of rotatable bonds is 6. The number of hydrogen-bond donors (Lipinski definition) is 2. The van der Waals surface area contributed by atoms with E-state index >= 15 is 0 Å². The predicted molar refractivity (Wildman–Crippen MR) is 109 cm³/mol. The van der Waals surface area contributed by atoms with Gasteiger partial charge in [0.1, 0.15) is 5.69 Å². The van der Waals surface area contributed by atoms with E-state index in [-0.39, 0.29) is 11.6 Å². The number of anilines is 3. The van der Waals surface area contributed by atoms with E-state index in [1.165, 1.54) is 12.7 Å². The summed E-state index contributed by atoms with van der Waals surface area (Å²) >= 11 is 0. The molecule has 3 rings (SSSR count). The zero-order valence-electron chi connectivity index (χ0n) is 15.7. The molecule has 3 aromatic rings. The summed E-state index contributed by atoms with van der Waals surface area (Å²) in [6.07, 6.45) is 2.50. The Hall–Kier alpha value is -3.67. The van der Waals surface area contributed by atoms with E-state index in [4.69, 9.17) is 0 Å². The van der Waals surface area contributed by atoms with Crippen LogP contribution in [0, 0.1) is 0 Å². The topological polar surface area (TPSA) is 80.3 Å². The number of nitrogens with one attached hydrogen (secondary N) is 2. The fourth-order valence-corrected chi connectivity index (χ4v) is 2.74. The van der Waals surface area contributed by atoms with Crippen molar-refractivity contribution < 1.29 is 14.3 Å². The first-order valence-electron chi connectivity index (χ1n) is 8.91. The summed E-state index contributed by atoms with van der Waals surface area (Å²) in [5, 5.41) is 6.11. The zero-order valence-corrected chi connectivity index (χ0v) is 15.7. The van der Waals surface area contributed by atoms with Crippen molar-refractivity contribution in [3.63, 3.8) is 0 Å². The van der Waals surface area contributed by atoms with E-state index in [9.17, 15) is 9.59 Å². The summed E-state index contributed by atoms with van der Waals surface area (Å²) in [7, 11) is 1.32. The van der Waals surface area contributed by atoms with Gasteiger partial charge in [-0.3, -0.25) is 9.78 Å². The number of carbonyl (C=O) groups is 2. The van der Waals surface area contributed by atoms with E-state index in [0.717, 1.165) is 17.8 Å². The van der Waals surface area contributed by atoms with Gasteiger partial charge >= 0.3 is 5.97 Å². The maximum Gasteiger partial charge on any atom is 0.337 e. The highest BCUT2D eigenvalue weighted by Gasteiger charge is 2.10. The average Bonchev–Trinajstić information content (AvgIpc) is 2.74. The third kappa shape index (κ3) is 4.54. The highest BCUT2D eigenvalue weighted by Crippen LogP contribution is 2.21. The van der Waals surface area contributed by atoms with E-state index in [1.807, 2.05) is 24.3 Å². The number of benzene rings is 2. The average molecular weight is 375 g/mol. The molecule has 1 heterocycles. The number of nitrogens with zero attached hydrogens (tertiary/aromatic N) is 1. The van der Waals surface area contributed by atoms with Gasteiger partial charge in [-0.15, -0.1) is 0 Å². The van der Waals surface area contributed by atoms with Crippen LogP contribution in [0.1, 0.15) is 33.3 Å². The van der Waals surface area contributed by atoms with Gasteiger partial charge < -0.3 is 15.4 Å². The van der Waals surface area contributed by atoms with Crippen LogP contribution in [0.3, 0.4) is 0 Å². The summed E-state index contributed by atoms with van der Waals surface area (Å²) in [5.41, 5.74) is 4.24. The number of methoxy groups -OCH3 is 1. The molecule has 28 heavy (non-hydrogen) atoms. The standard InChI is InChI=1S/C22H21N3O3/c1-3-15-6-4-5-7-19(15)24-18-12-13-23-20(14-18)21(26)25-17-10-8-16(9-11-17)22(27)28-2/h4-14H,3H2,1-2H3,(H,23,24)(H,25,26). The second-order valence-corrected chi connectivity index (χ2v) is 6.09. The summed E-state index contributed by atoms with van der Waals surface area (Å²) in [6.45, 7) is 2.09. The smallest absolute Gasteiger partial charge is 0.337 e. The molecule has 0 bridgehead atoms. The largest absolute Gasteiger partial charge is 0.465 e. The van der Waals surface area contributed by atoms with E-state index in [2.05, 4.69) is 33.3 Å². The van der Waals surface area contributed by atoms with Crippen molar-refractivity contribution in [2.75, 3.05) is 17.7 Å². The normalized spacial score (nSPS) is 10.2. The summed E-state index contributed by atoms with van der Waals surface area (Å²) in [5.74, 6) is -0.760. The van der Waals surface area contributed by atoms with Crippen LogP contribution in [-0.4, -0.2) is 24.0 Å². The number of hydrogen-bond acceptors (Lipinski definition) is 5. The molecule has 1 aromatic heterocycles. The molecule has 2 N–H and O–H groups in total. The van der Waals surface area contributed by atoms with E-state index in [0.29, 0.717) is 11.3 Å². The zero-order chi connectivity index (χ0) is 19.9. The van der Waals surface area contributed by atoms with Gasteiger partial charge in [0, 0.05) is 23.3 Å². The number of para-hydroxylation sites is 1. The molecule has 0 fully saturated rings. The van der Waals surface area contributed by atoms with Crippen LogP contribution in [0.15, 0.2) is 66.9 Å². The minimum absolute atomic E-state index is 0.288. The second-order valence-electron chi connectivity index (χ2n) is 6.09. The van der Waals surface area contributed by atoms with Gasteiger partial charge in [-0.2, -0.15) is 0 Å². The molecular formula is C22H21N3O3. The monoisotopic (exact) mass is 375 g/mol. The Labute approximate surface area is 163 Å². The van der Waals surface area contributed by atoms with Gasteiger partial charge in [0.25, 0.3) is 5.91 Å². The first-order chi connectivity index (χ1) is 13.6. The Kier molecular flexibility index (Phi) is 6.01. The SMILES string of the molecule is CCc1ccccc1Nc1ccnc(C(=O)Nc2ccc(C(=O)OC)cc2)c1. The maximum atomic E-state index is 12.5. The Morgan fingerprint density at radius 1 is 1.00 bits per heavy atom. The molecule has 0 aliphatic heterocycles. The number of ether oxygens (including phenoxy) is 1. The number of aromatic nitrogens is 1. The number of carbonyl (C=O) groups excluding carboxylic acids is 2. The minimum atomic E-state index is -0.425. The highest BCUT2D eigenvalue weighted by atomic mass is 16.5. The third-order valence-corrected chi connectivity index (χ3v) is 4.23. The number of esters is 1. The second kappa shape index (κ2) is 8.81. The molecule has 1 amide bonds. The van der Waals surface area contributed by atoms with Crippen molar-refractivity contribution in [2.45, 2.75) is 13.3 Å². The van der Waals surface area contributed by atoms with Crippen LogP contribution in [0.25, 0.3) is 0 Å². The summed E-state index contributed by atoms with van der Waals surface area (Å²) in [4.78, 5) is 28.2. The molecule has 0 aliphatic carbocycles. The van der Waals surface area contributed by atoms with Crippen LogP contribution in [0.5, 0.6) is 0 Å². The molecule has 2 aromatic carbocycles. The van der Waals surface area contributed by atoms with Crippen LogP contribution in [-0.2, 0) is 11.2 Å². The van der Waals surface area contributed by atoms with Crippen LogP contribution in [0.2, 0.25) is 0 Å². The Morgan fingerprint density at radius 3 is 2.46 bits per heavy atom.